The highest BCUT2D eigenvalue weighted by molar-refractivity contribution is 7.84. The zero-order valence-electron chi connectivity index (χ0n) is 15.9. The molecule has 4 rings (SSSR count). The first-order valence-electron chi connectivity index (χ1n) is 9.48. The molecule has 1 saturated heterocycles. The molecule has 1 N–H and O–H groups in total. The van der Waals surface area contributed by atoms with E-state index in [-0.39, 0.29) is 4.75 Å². The SMILES string of the molecule is CC(C)(C)S(=O)NC1CC2(CCN(c3ccnc4ccncc34)CC2)C1. The molecular weight excluding hydrogens is 344 g/mol. The molecule has 0 aromatic carbocycles. The lowest BCUT2D eigenvalue weighted by molar-refractivity contribution is 0.0642. The van der Waals surface area contributed by atoms with Crippen molar-refractivity contribution in [2.75, 3.05) is 18.0 Å². The summed E-state index contributed by atoms with van der Waals surface area (Å²) in [5.74, 6) is 0. The predicted molar refractivity (Wildman–Crippen MR) is 107 cm³/mol. The third-order valence-corrected chi connectivity index (χ3v) is 7.53. The topological polar surface area (TPSA) is 58.1 Å². The zero-order valence-corrected chi connectivity index (χ0v) is 16.7. The van der Waals surface area contributed by atoms with Gasteiger partial charge in [-0.05, 0) is 64.0 Å². The van der Waals surface area contributed by atoms with Crippen LogP contribution in [0.15, 0.2) is 30.7 Å². The molecule has 0 bridgehead atoms. The van der Waals surface area contributed by atoms with Gasteiger partial charge < -0.3 is 4.90 Å². The van der Waals surface area contributed by atoms with Crippen LogP contribution in [0.3, 0.4) is 0 Å². The molecule has 1 spiro atoms. The van der Waals surface area contributed by atoms with Crippen molar-refractivity contribution in [2.24, 2.45) is 5.41 Å². The number of hydrogen-bond donors (Lipinski definition) is 1. The van der Waals surface area contributed by atoms with Crippen LogP contribution in [-0.2, 0) is 11.0 Å². The summed E-state index contributed by atoms with van der Waals surface area (Å²) in [6.07, 6.45) is 10.3. The molecule has 2 aromatic heterocycles. The first kappa shape index (κ1) is 17.9. The second kappa shape index (κ2) is 6.57. The number of fused-ring (bicyclic) bond motifs is 1. The van der Waals surface area contributed by atoms with E-state index in [0.717, 1.165) is 36.8 Å². The fourth-order valence-corrected chi connectivity index (χ4v) is 5.10. The summed E-state index contributed by atoms with van der Waals surface area (Å²) in [7, 11) is -0.964. The van der Waals surface area contributed by atoms with E-state index in [2.05, 4.69) is 25.7 Å². The van der Waals surface area contributed by atoms with Crippen LogP contribution in [0.5, 0.6) is 0 Å². The molecule has 26 heavy (non-hydrogen) atoms. The summed E-state index contributed by atoms with van der Waals surface area (Å²) in [5.41, 5.74) is 2.70. The maximum atomic E-state index is 12.3. The van der Waals surface area contributed by atoms with Crippen LogP contribution < -0.4 is 9.62 Å². The van der Waals surface area contributed by atoms with Crippen LogP contribution in [-0.4, -0.2) is 38.1 Å². The van der Waals surface area contributed by atoms with Gasteiger partial charge in [-0.25, -0.2) is 8.93 Å². The van der Waals surface area contributed by atoms with E-state index in [0.29, 0.717) is 11.5 Å². The number of pyridine rings is 2. The van der Waals surface area contributed by atoms with Gasteiger partial charge in [-0.2, -0.15) is 0 Å². The molecule has 6 heteroatoms. The Kier molecular flexibility index (Phi) is 4.51. The third kappa shape index (κ3) is 3.37. The van der Waals surface area contributed by atoms with Crippen molar-refractivity contribution in [3.63, 3.8) is 0 Å². The van der Waals surface area contributed by atoms with Crippen molar-refractivity contribution in [1.82, 2.24) is 14.7 Å². The van der Waals surface area contributed by atoms with Crippen LogP contribution in [0.1, 0.15) is 46.5 Å². The Morgan fingerprint density at radius 2 is 1.92 bits per heavy atom. The summed E-state index contributed by atoms with van der Waals surface area (Å²) < 4.78 is 15.4. The molecule has 1 aliphatic heterocycles. The third-order valence-electron chi connectivity index (χ3n) is 5.87. The van der Waals surface area contributed by atoms with Crippen molar-refractivity contribution in [3.8, 4) is 0 Å². The minimum Gasteiger partial charge on any atom is -0.371 e. The second-order valence-electron chi connectivity index (χ2n) is 8.81. The molecule has 140 valence electrons. The molecule has 0 amide bonds. The normalized spacial score (nSPS) is 21.7. The highest BCUT2D eigenvalue weighted by atomic mass is 32.2. The Bertz CT molecular complexity index is 811. The lowest BCUT2D eigenvalue weighted by Crippen LogP contribution is -2.55. The standard InChI is InChI=1S/C20H28N4OS/c1-19(2,3)26(25)23-15-12-20(13-15)6-10-24(11-7-20)18-5-9-22-17-4-8-21-14-16(17)18/h4-5,8-9,14-15,23H,6-7,10-13H2,1-3H3. The highest BCUT2D eigenvalue weighted by Gasteiger charge is 2.46. The largest absolute Gasteiger partial charge is 0.371 e. The second-order valence-corrected chi connectivity index (χ2v) is 10.8. The van der Waals surface area contributed by atoms with Gasteiger partial charge in [0, 0.05) is 48.8 Å². The summed E-state index contributed by atoms with van der Waals surface area (Å²) in [5, 5.41) is 1.14. The molecule has 2 aromatic rings. The number of aromatic nitrogens is 2. The van der Waals surface area contributed by atoms with E-state index in [1.807, 2.05) is 39.2 Å². The van der Waals surface area contributed by atoms with Crippen LogP contribution in [0.25, 0.3) is 10.9 Å². The van der Waals surface area contributed by atoms with E-state index >= 15 is 0 Å². The monoisotopic (exact) mass is 372 g/mol. The summed E-state index contributed by atoms with van der Waals surface area (Å²) in [4.78, 5) is 11.2. The summed E-state index contributed by atoms with van der Waals surface area (Å²) >= 11 is 0. The molecule has 1 aliphatic carbocycles. The number of rotatable bonds is 3. The van der Waals surface area contributed by atoms with Crippen LogP contribution in [0, 0.1) is 5.41 Å². The molecule has 1 atom stereocenters. The molecule has 3 heterocycles. The Balaban J connectivity index is 1.37. The fourth-order valence-electron chi connectivity index (χ4n) is 4.28. The number of piperidine rings is 1. The molecule has 0 radical (unpaired) electrons. The Morgan fingerprint density at radius 3 is 2.62 bits per heavy atom. The number of hydrogen-bond acceptors (Lipinski definition) is 4. The quantitative estimate of drug-likeness (QED) is 0.897. The van der Waals surface area contributed by atoms with Gasteiger partial charge in [0.1, 0.15) is 0 Å². The highest BCUT2D eigenvalue weighted by Crippen LogP contribution is 2.50. The minimum atomic E-state index is -0.964. The van der Waals surface area contributed by atoms with Crippen molar-refractivity contribution < 1.29 is 4.21 Å². The Hall–Kier alpha value is -1.53. The van der Waals surface area contributed by atoms with E-state index in [9.17, 15) is 4.21 Å². The fraction of sp³-hybridized carbons (Fsp3) is 0.600. The van der Waals surface area contributed by atoms with Crippen molar-refractivity contribution >= 4 is 27.6 Å². The minimum absolute atomic E-state index is 0.192. The molecule has 2 aliphatic rings. The average Bonchev–Trinajstić information content (AvgIpc) is 2.60. The summed E-state index contributed by atoms with van der Waals surface area (Å²) in [6, 6.07) is 4.49. The van der Waals surface area contributed by atoms with Gasteiger partial charge in [0.25, 0.3) is 0 Å². The van der Waals surface area contributed by atoms with Crippen LogP contribution >= 0.6 is 0 Å². The lowest BCUT2D eigenvalue weighted by Gasteiger charge is -2.53. The van der Waals surface area contributed by atoms with Gasteiger partial charge in [-0.1, -0.05) is 0 Å². The smallest absolute Gasteiger partial charge is 0.0972 e. The van der Waals surface area contributed by atoms with Gasteiger partial charge in [0.2, 0.25) is 0 Å². The number of nitrogens with one attached hydrogen (secondary N) is 1. The van der Waals surface area contributed by atoms with Gasteiger partial charge >= 0.3 is 0 Å². The van der Waals surface area contributed by atoms with Gasteiger partial charge in [-0.3, -0.25) is 9.97 Å². The summed E-state index contributed by atoms with van der Waals surface area (Å²) in [6.45, 7) is 8.22. The molecule has 1 unspecified atom stereocenters. The molecule has 1 saturated carbocycles. The maximum absolute atomic E-state index is 12.3. The van der Waals surface area contributed by atoms with Crippen LogP contribution in [0.4, 0.5) is 5.69 Å². The van der Waals surface area contributed by atoms with Crippen molar-refractivity contribution in [2.45, 2.75) is 57.2 Å². The zero-order chi connectivity index (χ0) is 18.4. The van der Waals surface area contributed by atoms with Crippen molar-refractivity contribution in [3.05, 3.63) is 30.7 Å². The van der Waals surface area contributed by atoms with Gasteiger partial charge in [0.15, 0.2) is 0 Å². The first-order valence-corrected chi connectivity index (χ1v) is 10.6. The van der Waals surface area contributed by atoms with Crippen molar-refractivity contribution in [1.29, 1.82) is 0 Å². The maximum Gasteiger partial charge on any atom is 0.0972 e. The average molecular weight is 373 g/mol. The van der Waals surface area contributed by atoms with Gasteiger partial charge in [-0.15, -0.1) is 0 Å². The lowest BCUT2D eigenvalue weighted by atomic mass is 9.60. The number of anilines is 1. The first-order chi connectivity index (χ1) is 12.4. The Morgan fingerprint density at radius 1 is 1.19 bits per heavy atom. The van der Waals surface area contributed by atoms with E-state index < -0.39 is 11.0 Å². The van der Waals surface area contributed by atoms with E-state index in [1.165, 1.54) is 18.5 Å². The van der Waals surface area contributed by atoms with Crippen LogP contribution in [0.2, 0.25) is 0 Å². The predicted octanol–water partition coefficient (Wildman–Crippen LogP) is 3.43. The molecule has 5 nitrogen and oxygen atoms in total. The van der Waals surface area contributed by atoms with E-state index in [1.54, 1.807) is 6.20 Å². The number of nitrogens with zero attached hydrogens (tertiary/aromatic N) is 3. The molecular formula is C20H28N4OS. The molecule has 2 fully saturated rings. The van der Waals surface area contributed by atoms with E-state index in [4.69, 9.17) is 0 Å². The Labute approximate surface area is 158 Å². The van der Waals surface area contributed by atoms with Gasteiger partial charge in [0.05, 0.1) is 21.2 Å².